The fraction of sp³-hybridized carbons (Fsp3) is 0.286. The summed E-state index contributed by atoms with van der Waals surface area (Å²) in [4.78, 5) is 11.8. The SMILES string of the molecule is CCOC(=O)c1c(N)nn(Cc2cccc(OC)c2)c1Br. The summed E-state index contributed by atoms with van der Waals surface area (Å²) in [6, 6.07) is 7.59. The van der Waals surface area contributed by atoms with Gasteiger partial charge in [-0.2, -0.15) is 5.10 Å². The molecule has 2 rings (SSSR count). The molecule has 0 fully saturated rings. The molecule has 0 atom stereocenters. The molecule has 0 saturated carbocycles. The standard InChI is InChI=1S/C14H16BrN3O3/c1-3-21-14(19)11-12(15)18(17-13(11)16)8-9-5-4-6-10(7-9)20-2/h4-7H,3,8H2,1-2H3,(H2,16,17). The first kappa shape index (κ1) is 15.4. The molecule has 112 valence electrons. The minimum Gasteiger partial charge on any atom is -0.497 e. The maximum atomic E-state index is 11.8. The number of ether oxygens (including phenoxy) is 2. The average Bonchev–Trinajstić information content (AvgIpc) is 2.74. The molecular formula is C14H16BrN3O3. The van der Waals surface area contributed by atoms with Gasteiger partial charge in [-0.3, -0.25) is 4.68 Å². The van der Waals surface area contributed by atoms with Gasteiger partial charge in [0, 0.05) is 0 Å². The van der Waals surface area contributed by atoms with Gasteiger partial charge < -0.3 is 15.2 Å². The van der Waals surface area contributed by atoms with Crippen molar-refractivity contribution in [3.05, 3.63) is 40.0 Å². The van der Waals surface area contributed by atoms with Crippen LogP contribution in [0.5, 0.6) is 5.75 Å². The van der Waals surface area contributed by atoms with Crippen molar-refractivity contribution in [3.8, 4) is 5.75 Å². The Morgan fingerprint density at radius 2 is 2.24 bits per heavy atom. The highest BCUT2D eigenvalue weighted by atomic mass is 79.9. The Bertz CT molecular complexity index is 655. The largest absolute Gasteiger partial charge is 0.497 e. The van der Waals surface area contributed by atoms with Crippen molar-refractivity contribution in [2.75, 3.05) is 19.5 Å². The number of hydrogen-bond donors (Lipinski definition) is 1. The lowest BCUT2D eigenvalue weighted by Crippen LogP contribution is -2.07. The molecule has 0 radical (unpaired) electrons. The van der Waals surface area contributed by atoms with Crippen molar-refractivity contribution in [3.63, 3.8) is 0 Å². The van der Waals surface area contributed by atoms with Gasteiger partial charge >= 0.3 is 5.97 Å². The topological polar surface area (TPSA) is 79.4 Å². The van der Waals surface area contributed by atoms with Crippen molar-refractivity contribution in [2.45, 2.75) is 13.5 Å². The summed E-state index contributed by atoms with van der Waals surface area (Å²) in [5.74, 6) is 0.413. The van der Waals surface area contributed by atoms with E-state index in [1.807, 2.05) is 24.3 Å². The van der Waals surface area contributed by atoms with E-state index in [-0.39, 0.29) is 18.0 Å². The summed E-state index contributed by atoms with van der Waals surface area (Å²) >= 11 is 3.35. The molecule has 0 spiro atoms. The number of rotatable bonds is 5. The van der Waals surface area contributed by atoms with Gasteiger partial charge in [-0.05, 0) is 40.5 Å². The number of nitrogen functional groups attached to an aromatic ring is 1. The first-order chi connectivity index (χ1) is 10.1. The van der Waals surface area contributed by atoms with E-state index < -0.39 is 5.97 Å². The lowest BCUT2D eigenvalue weighted by Gasteiger charge is -2.06. The van der Waals surface area contributed by atoms with Crippen LogP contribution in [-0.4, -0.2) is 29.5 Å². The lowest BCUT2D eigenvalue weighted by atomic mass is 10.2. The molecule has 0 aliphatic heterocycles. The lowest BCUT2D eigenvalue weighted by molar-refractivity contribution is 0.0526. The summed E-state index contributed by atoms with van der Waals surface area (Å²) in [5.41, 5.74) is 7.03. The number of aromatic nitrogens is 2. The maximum Gasteiger partial charge on any atom is 0.344 e. The monoisotopic (exact) mass is 353 g/mol. The molecule has 0 aliphatic carbocycles. The van der Waals surface area contributed by atoms with Crippen molar-refractivity contribution < 1.29 is 14.3 Å². The normalized spacial score (nSPS) is 10.4. The van der Waals surface area contributed by atoms with E-state index in [1.54, 1.807) is 18.7 Å². The highest BCUT2D eigenvalue weighted by Gasteiger charge is 2.21. The van der Waals surface area contributed by atoms with E-state index in [4.69, 9.17) is 15.2 Å². The molecule has 0 aliphatic rings. The Morgan fingerprint density at radius 3 is 2.90 bits per heavy atom. The van der Waals surface area contributed by atoms with Gasteiger partial charge in [0.2, 0.25) is 0 Å². The Hall–Kier alpha value is -2.02. The van der Waals surface area contributed by atoms with Crippen LogP contribution >= 0.6 is 15.9 Å². The number of nitrogens with two attached hydrogens (primary N) is 1. The summed E-state index contributed by atoms with van der Waals surface area (Å²) in [6.07, 6.45) is 0. The van der Waals surface area contributed by atoms with Crippen molar-refractivity contribution in [1.29, 1.82) is 0 Å². The minimum absolute atomic E-state index is 0.142. The number of methoxy groups -OCH3 is 1. The van der Waals surface area contributed by atoms with Crippen molar-refractivity contribution >= 4 is 27.7 Å². The van der Waals surface area contributed by atoms with Gasteiger partial charge in [0.05, 0.1) is 20.3 Å². The predicted molar refractivity (Wildman–Crippen MR) is 82.4 cm³/mol. The molecular weight excluding hydrogens is 338 g/mol. The average molecular weight is 354 g/mol. The minimum atomic E-state index is -0.487. The molecule has 1 heterocycles. The molecule has 0 amide bonds. The molecule has 1 aromatic heterocycles. The second kappa shape index (κ2) is 6.62. The molecule has 2 aromatic rings. The van der Waals surface area contributed by atoms with Crippen LogP contribution in [0.15, 0.2) is 28.9 Å². The second-order valence-corrected chi connectivity index (χ2v) is 5.03. The van der Waals surface area contributed by atoms with Gasteiger partial charge in [-0.25, -0.2) is 4.79 Å². The van der Waals surface area contributed by atoms with Crippen LogP contribution in [0.3, 0.4) is 0 Å². The van der Waals surface area contributed by atoms with Crippen LogP contribution in [0.4, 0.5) is 5.82 Å². The zero-order valence-electron chi connectivity index (χ0n) is 11.8. The van der Waals surface area contributed by atoms with Crippen LogP contribution in [0.25, 0.3) is 0 Å². The third-order valence-electron chi connectivity index (χ3n) is 2.86. The number of anilines is 1. The number of esters is 1. The third-order valence-corrected chi connectivity index (χ3v) is 3.67. The van der Waals surface area contributed by atoms with Gasteiger partial charge in [-0.1, -0.05) is 12.1 Å². The zero-order valence-corrected chi connectivity index (χ0v) is 13.4. The van der Waals surface area contributed by atoms with Crippen LogP contribution in [-0.2, 0) is 11.3 Å². The van der Waals surface area contributed by atoms with Gasteiger partial charge in [0.25, 0.3) is 0 Å². The molecule has 0 bridgehead atoms. The van der Waals surface area contributed by atoms with E-state index in [2.05, 4.69) is 21.0 Å². The van der Waals surface area contributed by atoms with E-state index in [0.29, 0.717) is 11.1 Å². The van der Waals surface area contributed by atoms with Crippen LogP contribution in [0, 0.1) is 0 Å². The third kappa shape index (κ3) is 3.36. The molecule has 6 nitrogen and oxygen atoms in total. The summed E-state index contributed by atoms with van der Waals surface area (Å²) < 4.78 is 12.3. The summed E-state index contributed by atoms with van der Waals surface area (Å²) in [7, 11) is 1.61. The molecule has 2 N–H and O–H groups in total. The van der Waals surface area contributed by atoms with Crippen LogP contribution < -0.4 is 10.5 Å². The molecule has 1 aromatic carbocycles. The number of carbonyl (C=O) groups is 1. The molecule has 21 heavy (non-hydrogen) atoms. The fourth-order valence-corrected chi connectivity index (χ4v) is 2.47. The van der Waals surface area contributed by atoms with Crippen LogP contribution in [0.2, 0.25) is 0 Å². The van der Waals surface area contributed by atoms with Gasteiger partial charge in [0.1, 0.15) is 15.9 Å². The Kier molecular flexibility index (Phi) is 4.85. The van der Waals surface area contributed by atoms with E-state index in [9.17, 15) is 4.79 Å². The van der Waals surface area contributed by atoms with Crippen molar-refractivity contribution in [1.82, 2.24) is 9.78 Å². The van der Waals surface area contributed by atoms with E-state index >= 15 is 0 Å². The van der Waals surface area contributed by atoms with Crippen molar-refractivity contribution in [2.24, 2.45) is 0 Å². The Morgan fingerprint density at radius 1 is 1.48 bits per heavy atom. The van der Waals surface area contributed by atoms with E-state index in [0.717, 1.165) is 11.3 Å². The molecule has 0 unspecified atom stereocenters. The smallest absolute Gasteiger partial charge is 0.344 e. The van der Waals surface area contributed by atoms with Gasteiger partial charge in [-0.15, -0.1) is 0 Å². The number of carbonyl (C=O) groups excluding carboxylic acids is 1. The quantitative estimate of drug-likeness (QED) is 0.835. The number of benzene rings is 1. The highest BCUT2D eigenvalue weighted by Crippen LogP contribution is 2.25. The predicted octanol–water partition coefficient (Wildman–Crippen LogP) is 2.46. The first-order valence-corrected chi connectivity index (χ1v) is 7.18. The summed E-state index contributed by atoms with van der Waals surface area (Å²) in [6.45, 7) is 2.48. The second-order valence-electron chi connectivity index (χ2n) is 4.28. The maximum absolute atomic E-state index is 11.8. The number of halogens is 1. The first-order valence-electron chi connectivity index (χ1n) is 6.38. The highest BCUT2D eigenvalue weighted by molar-refractivity contribution is 9.10. The Balaban J connectivity index is 2.29. The number of nitrogens with zero attached hydrogens (tertiary/aromatic N) is 2. The number of hydrogen-bond acceptors (Lipinski definition) is 5. The van der Waals surface area contributed by atoms with Gasteiger partial charge in [0.15, 0.2) is 5.82 Å². The summed E-state index contributed by atoms with van der Waals surface area (Å²) in [5, 5.41) is 4.17. The molecule has 7 heteroatoms. The zero-order chi connectivity index (χ0) is 15.4. The van der Waals surface area contributed by atoms with E-state index in [1.165, 1.54) is 0 Å². The van der Waals surface area contributed by atoms with Crippen LogP contribution in [0.1, 0.15) is 22.8 Å². The Labute approximate surface area is 131 Å². The molecule has 0 saturated heterocycles. The fourth-order valence-electron chi connectivity index (χ4n) is 1.90.